The lowest BCUT2D eigenvalue weighted by Crippen LogP contribution is -2.56. The lowest BCUT2D eigenvalue weighted by Gasteiger charge is -2.41. The molecule has 0 saturated carbocycles. The van der Waals surface area contributed by atoms with E-state index >= 15 is 0 Å². The summed E-state index contributed by atoms with van der Waals surface area (Å²) in [6, 6.07) is 10.2. The minimum absolute atomic E-state index is 0.124. The molecule has 0 unspecified atom stereocenters. The summed E-state index contributed by atoms with van der Waals surface area (Å²) in [7, 11) is 0. The van der Waals surface area contributed by atoms with Gasteiger partial charge in [-0.15, -0.1) is 0 Å². The molecule has 2 aliphatic rings. The number of carbonyl (C=O) groups excluding carboxylic acids is 2. The lowest BCUT2D eigenvalue weighted by atomic mass is 9.97. The third kappa shape index (κ3) is 4.12. The second-order valence-electron chi connectivity index (χ2n) is 7.06. The van der Waals surface area contributed by atoms with Crippen LogP contribution in [0.2, 0.25) is 0 Å². The molecule has 0 radical (unpaired) electrons. The maximum Gasteiger partial charge on any atom is 0.239 e. The zero-order chi connectivity index (χ0) is 17.8. The molecule has 6 nitrogen and oxygen atoms in total. The number of rotatable bonds is 4. The van der Waals surface area contributed by atoms with Gasteiger partial charge in [-0.2, -0.15) is 0 Å². The fraction of sp³-hybridized carbons (Fsp3) is 0.579. The summed E-state index contributed by atoms with van der Waals surface area (Å²) in [5.41, 5.74) is 6.66. The SMILES string of the molecule is C[C@@H](C(=O)N1CCC[C@@H](C(N)=O)C1)N1CCN(c2ccccc2)CC1. The highest BCUT2D eigenvalue weighted by atomic mass is 16.2. The first-order chi connectivity index (χ1) is 12.1. The van der Waals surface area contributed by atoms with Gasteiger partial charge in [-0.3, -0.25) is 14.5 Å². The molecule has 2 N–H and O–H groups in total. The van der Waals surface area contributed by atoms with Crippen molar-refractivity contribution in [3.63, 3.8) is 0 Å². The van der Waals surface area contributed by atoms with Gasteiger partial charge in [0.2, 0.25) is 11.8 Å². The summed E-state index contributed by atoms with van der Waals surface area (Å²) < 4.78 is 0. The van der Waals surface area contributed by atoms with Gasteiger partial charge >= 0.3 is 0 Å². The third-order valence-electron chi connectivity index (χ3n) is 5.48. The highest BCUT2D eigenvalue weighted by Crippen LogP contribution is 2.20. The number of amides is 2. The molecular formula is C19H28N4O2. The highest BCUT2D eigenvalue weighted by molar-refractivity contribution is 5.83. The number of carbonyl (C=O) groups is 2. The van der Waals surface area contributed by atoms with Gasteiger partial charge in [-0.05, 0) is 31.9 Å². The van der Waals surface area contributed by atoms with Gasteiger partial charge < -0.3 is 15.5 Å². The molecule has 2 saturated heterocycles. The van der Waals surface area contributed by atoms with Crippen molar-refractivity contribution in [3.8, 4) is 0 Å². The molecule has 2 aliphatic heterocycles. The van der Waals surface area contributed by atoms with Gasteiger partial charge in [0, 0.05) is 45.0 Å². The molecule has 0 aliphatic carbocycles. The van der Waals surface area contributed by atoms with Crippen molar-refractivity contribution in [2.24, 2.45) is 11.7 Å². The van der Waals surface area contributed by atoms with Gasteiger partial charge in [0.1, 0.15) is 0 Å². The van der Waals surface area contributed by atoms with Crippen LogP contribution in [-0.4, -0.2) is 66.9 Å². The molecule has 3 rings (SSSR count). The Morgan fingerprint density at radius 2 is 1.76 bits per heavy atom. The van der Waals surface area contributed by atoms with Crippen LogP contribution < -0.4 is 10.6 Å². The van der Waals surface area contributed by atoms with E-state index in [1.807, 2.05) is 17.9 Å². The van der Waals surface area contributed by atoms with E-state index in [0.717, 1.165) is 45.6 Å². The van der Waals surface area contributed by atoms with Gasteiger partial charge in [0.25, 0.3) is 0 Å². The minimum Gasteiger partial charge on any atom is -0.369 e. The average Bonchev–Trinajstić information content (AvgIpc) is 2.67. The van der Waals surface area contributed by atoms with Crippen LogP contribution in [-0.2, 0) is 9.59 Å². The molecule has 2 amide bonds. The molecule has 136 valence electrons. The molecular weight excluding hydrogens is 316 g/mol. The molecule has 0 bridgehead atoms. The smallest absolute Gasteiger partial charge is 0.239 e. The Kier molecular flexibility index (Phi) is 5.58. The molecule has 0 aromatic heterocycles. The second-order valence-corrected chi connectivity index (χ2v) is 7.06. The quantitative estimate of drug-likeness (QED) is 0.882. The topological polar surface area (TPSA) is 69.9 Å². The Bertz CT molecular complexity index is 599. The molecule has 6 heteroatoms. The number of nitrogens with two attached hydrogens (primary N) is 1. The number of benzene rings is 1. The van der Waals surface area contributed by atoms with Crippen LogP contribution in [0.1, 0.15) is 19.8 Å². The van der Waals surface area contributed by atoms with Crippen LogP contribution in [0.5, 0.6) is 0 Å². The fourth-order valence-corrected chi connectivity index (χ4v) is 3.84. The first kappa shape index (κ1) is 17.7. The standard InChI is InChI=1S/C19H28N4O2/c1-15(19(25)23-9-5-6-16(14-23)18(20)24)21-10-12-22(13-11-21)17-7-3-2-4-8-17/h2-4,7-8,15-16H,5-6,9-14H2,1H3,(H2,20,24)/t15-,16+/m0/s1. The molecule has 2 fully saturated rings. The number of piperazine rings is 1. The van der Waals surface area contributed by atoms with Crippen LogP contribution in [0.15, 0.2) is 30.3 Å². The molecule has 25 heavy (non-hydrogen) atoms. The van der Waals surface area contributed by atoms with Crippen LogP contribution >= 0.6 is 0 Å². The molecule has 0 spiro atoms. The van der Waals surface area contributed by atoms with Gasteiger partial charge in [-0.1, -0.05) is 18.2 Å². The summed E-state index contributed by atoms with van der Waals surface area (Å²) in [6.45, 7) is 6.77. The van der Waals surface area contributed by atoms with E-state index in [9.17, 15) is 9.59 Å². The second kappa shape index (κ2) is 7.87. The Morgan fingerprint density at radius 1 is 1.08 bits per heavy atom. The van der Waals surface area contributed by atoms with E-state index in [2.05, 4.69) is 34.1 Å². The zero-order valence-electron chi connectivity index (χ0n) is 14.9. The summed E-state index contributed by atoms with van der Waals surface area (Å²) in [5, 5.41) is 0. The molecule has 1 aromatic carbocycles. The van der Waals surface area contributed by atoms with E-state index < -0.39 is 0 Å². The lowest BCUT2D eigenvalue weighted by molar-refractivity contribution is -0.139. The van der Waals surface area contributed by atoms with Crippen LogP contribution in [0.25, 0.3) is 0 Å². The van der Waals surface area contributed by atoms with Crippen molar-refractivity contribution in [2.45, 2.75) is 25.8 Å². The molecule has 2 atom stereocenters. The monoisotopic (exact) mass is 344 g/mol. The Labute approximate surface area is 149 Å². The van der Waals surface area contributed by atoms with Gasteiger partial charge in [0.15, 0.2) is 0 Å². The van der Waals surface area contributed by atoms with Crippen molar-refractivity contribution < 1.29 is 9.59 Å². The van der Waals surface area contributed by atoms with E-state index in [-0.39, 0.29) is 23.8 Å². The van der Waals surface area contributed by atoms with Crippen molar-refractivity contribution >= 4 is 17.5 Å². The summed E-state index contributed by atoms with van der Waals surface area (Å²) >= 11 is 0. The Morgan fingerprint density at radius 3 is 2.40 bits per heavy atom. The maximum atomic E-state index is 12.8. The van der Waals surface area contributed by atoms with Crippen LogP contribution in [0, 0.1) is 5.92 Å². The maximum absolute atomic E-state index is 12.8. The molecule has 1 aromatic rings. The summed E-state index contributed by atoms with van der Waals surface area (Å²) in [6.07, 6.45) is 1.65. The van der Waals surface area contributed by atoms with Crippen molar-refractivity contribution in [1.29, 1.82) is 0 Å². The van der Waals surface area contributed by atoms with Gasteiger partial charge in [-0.25, -0.2) is 0 Å². The number of piperidine rings is 1. The first-order valence-electron chi connectivity index (χ1n) is 9.18. The Balaban J connectivity index is 1.54. The predicted molar refractivity (Wildman–Crippen MR) is 98.2 cm³/mol. The fourth-order valence-electron chi connectivity index (χ4n) is 3.84. The van der Waals surface area contributed by atoms with Crippen molar-refractivity contribution in [1.82, 2.24) is 9.80 Å². The van der Waals surface area contributed by atoms with Crippen molar-refractivity contribution in [2.75, 3.05) is 44.2 Å². The van der Waals surface area contributed by atoms with Crippen LogP contribution in [0.3, 0.4) is 0 Å². The summed E-state index contributed by atoms with van der Waals surface area (Å²) in [5.74, 6) is -0.361. The molecule has 2 heterocycles. The number of nitrogens with zero attached hydrogens (tertiary/aromatic N) is 3. The average molecular weight is 344 g/mol. The number of hydrogen-bond acceptors (Lipinski definition) is 4. The van der Waals surface area contributed by atoms with Crippen molar-refractivity contribution in [3.05, 3.63) is 30.3 Å². The number of anilines is 1. The zero-order valence-corrected chi connectivity index (χ0v) is 14.9. The van der Waals surface area contributed by atoms with E-state index in [1.165, 1.54) is 5.69 Å². The number of hydrogen-bond donors (Lipinski definition) is 1. The number of primary amides is 1. The largest absolute Gasteiger partial charge is 0.369 e. The predicted octanol–water partition coefficient (Wildman–Crippen LogP) is 0.921. The van der Waals surface area contributed by atoms with E-state index in [0.29, 0.717) is 6.54 Å². The van der Waals surface area contributed by atoms with E-state index in [1.54, 1.807) is 0 Å². The van der Waals surface area contributed by atoms with Gasteiger partial charge in [0.05, 0.1) is 12.0 Å². The van der Waals surface area contributed by atoms with E-state index in [4.69, 9.17) is 5.73 Å². The number of para-hydroxylation sites is 1. The highest BCUT2D eigenvalue weighted by Gasteiger charge is 2.32. The van der Waals surface area contributed by atoms with Crippen LogP contribution in [0.4, 0.5) is 5.69 Å². The minimum atomic E-state index is -0.290. The summed E-state index contributed by atoms with van der Waals surface area (Å²) in [4.78, 5) is 30.7. The third-order valence-corrected chi connectivity index (χ3v) is 5.48. The Hall–Kier alpha value is -2.08. The normalized spacial score (nSPS) is 23.3. The number of likely N-dealkylation sites (tertiary alicyclic amines) is 1. The first-order valence-corrected chi connectivity index (χ1v) is 9.18.